The van der Waals surface area contributed by atoms with E-state index in [0.29, 0.717) is 17.3 Å². The van der Waals surface area contributed by atoms with E-state index in [2.05, 4.69) is 31.8 Å². The lowest BCUT2D eigenvalue weighted by molar-refractivity contribution is -0.132. The Labute approximate surface area is 121 Å². The second-order valence-corrected chi connectivity index (χ2v) is 5.67. The van der Waals surface area contributed by atoms with Gasteiger partial charge in [0.1, 0.15) is 12.2 Å². The molecule has 0 saturated carbocycles. The Kier molecular flexibility index (Phi) is 4.48. The minimum absolute atomic E-state index is 0.0550. The van der Waals surface area contributed by atoms with Gasteiger partial charge in [0, 0.05) is 10.7 Å². The number of hydrogen-bond donors (Lipinski definition) is 3. The quantitative estimate of drug-likeness (QED) is 0.675. The summed E-state index contributed by atoms with van der Waals surface area (Å²) in [4.78, 5) is 38.6. The number of aromatic amines is 1. The Bertz CT molecular complexity index is 519. The van der Waals surface area contributed by atoms with Crippen LogP contribution in [0.3, 0.4) is 0 Å². The third-order valence-electron chi connectivity index (χ3n) is 2.37. The van der Waals surface area contributed by atoms with E-state index in [0.717, 1.165) is 4.47 Å². The van der Waals surface area contributed by atoms with E-state index in [1.54, 1.807) is 12.3 Å². The van der Waals surface area contributed by atoms with Crippen LogP contribution in [-0.2, 0) is 9.59 Å². The molecule has 19 heavy (non-hydrogen) atoms. The highest BCUT2D eigenvalue weighted by Gasteiger charge is 2.23. The molecule has 2 heterocycles. The Morgan fingerprint density at radius 2 is 2.26 bits per heavy atom. The van der Waals surface area contributed by atoms with Crippen molar-refractivity contribution in [3.63, 3.8) is 0 Å². The standard InChI is InChI=1S/C10H11BrN4O3S/c11-6-1-7(12-2-6)10(18)14-13-8(16)3-15-5-19-4-9(15)17/h1-2,12H,3-5H2,(H,13,16)(H,14,18). The SMILES string of the molecule is O=C(CN1CSCC1=O)NNC(=O)c1cc(Br)c[nH]1. The van der Waals surface area contributed by atoms with Crippen LogP contribution >= 0.6 is 27.7 Å². The molecule has 9 heteroatoms. The second kappa shape index (κ2) is 6.11. The number of thioether (sulfide) groups is 1. The van der Waals surface area contributed by atoms with E-state index >= 15 is 0 Å². The molecule has 1 aliphatic heterocycles. The van der Waals surface area contributed by atoms with Crippen molar-refractivity contribution in [2.24, 2.45) is 0 Å². The molecule has 7 nitrogen and oxygen atoms in total. The van der Waals surface area contributed by atoms with Crippen LogP contribution < -0.4 is 10.9 Å². The number of H-pyrrole nitrogens is 1. The Morgan fingerprint density at radius 1 is 1.47 bits per heavy atom. The fourth-order valence-corrected chi connectivity index (χ4v) is 2.69. The van der Waals surface area contributed by atoms with Crippen molar-refractivity contribution in [3.05, 3.63) is 22.4 Å². The van der Waals surface area contributed by atoms with Crippen LogP contribution in [0.1, 0.15) is 10.5 Å². The highest BCUT2D eigenvalue weighted by molar-refractivity contribution is 9.10. The summed E-state index contributed by atoms with van der Waals surface area (Å²) in [5.74, 6) is -0.0596. The number of aromatic nitrogens is 1. The predicted molar refractivity (Wildman–Crippen MR) is 73.1 cm³/mol. The van der Waals surface area contributed by atoms with Gasteiger partial charge in [-0.2, -0.15) is 0 Å². The van der Waals surface area contributed by atoms with E-state index in [4.69, 9.17) is 0 Å². The Hall–Kier alpha value is -1.48. The molecular formula is C10H11BrN4O3S. The molecular weight excluding hydrogens is 336 g/mol. The Balaban J connectivity index is 1.77. The molecule has 2 rings (SSSR count). The van der Waals surface area contributed by atoms with Crippen molar-refractivity contribution >= 4 is 45.4 Å². The highest BCUT2D eigenvalue weighted by Crippen LogP contribution is 2.13. The van der Waals surface area contributed by atoms with Crippen molar-refractivity contribution in [3.8, 4) is 0 Å². The van der Waals surface area contributed by atoms with Crippen LogP contribution in [0.15, 0.2) is 16.7 Å². The van der Waals surface area contributed by atoms with Crippen LogP contribution in [-0.4, -0.2) is 45.8 Å². The average Bonchev–Trinajstić information content (AvgIpc) is 2.96. The number of carbonyl (C=O) groups is 3. The van der Waals surface area contributed by atoms with Crippen molar-refractivity contribution in [1.29, 1.82) is 0 Å². The molecule has 1 saturated heterocycles. The summed E-state index contributed by atoms with van der Waals surface area (Å²) < 4.78 is 0.740. The first-order chi connectivity index (χ1) is 9.06. The van der Waals surface area contributed by atoms with Gasteiger partial charge in [0.15, 0.2) is 0 Å². The number of hydrogen-bond acceptors (Lipinski definition) is 4. The van der Waals surface area contributed by atoms with E-state index in [1.165, 1.54) is 16.7 Å². The maximum atomic E-state index is 11.6. The van der Waals surface area contributed by atoms with Gasteiger partial charge in [0.2, 0.25) is 5.91 Å². The van der Waals surface area contributed by atoms with Gasteiger partial charge in [-0.05, 0) is 22.0 Å². The van der Waals surface area contributed by atoms with Gasteiger partial charge in [0.05, 0.1) is 11.6 Å². The van der Waals surface area contributed by atoms with Crippen LogP contribution in [0.25, 0.3) is 0 Å². The molecule has 102 valence electrons. The lowest BCUT2D eigenvalue weighted by Gasteiger charge is -2.14. The first-order valence-corrected chi connectivity index (χ1v) is 7.29. The number of amides is 3. The van der Waals surface area contributed by atoms with Crippen molar-refractivity contribution in [2.75, 3.05) is 18.2 Å². The third kappa shape index (κ3) is 3.74. The number of carbonyl (C=O) groups excluding carboxylic acids is 3. The minimum Gasteiger partial charge on any atom is -0.356 e. The summed E-state index contributed by atoms with van der Waals surface area (Å²) in [6.07, 6.45) is 1.61. The number of hydrazine groups is 1. The predicted octanol–water partition coefficient (Wildman–Crippen LogP) is 0.0711. The molecule has 0 spiro atoms. The molecule has 1 aliphatic rings. The van der Waals surface area contributed by atoms with Gasteiger partial charge in [0.25, 0.3) is 11.8 Å². The number of nitrogens with zero attached hydrogens (tertiary/aromatic N) is 1. The van der Waals surface area contributed by atoms with Crippen LogP contribution in [0, 0.1) is 0 Å². The second-order valence-electron chi connectivity index (χ2n) is 3.80. The van der Waals surface area contributed by atoms with Gasteiger partial charge in [-0.3, -0.25) is 25.2 Å². The van der Waals surface area contributed by atoms with Crippen molar-refractivity contribution < 1.29 is 14.4 Å². The maximum Gasteiger partial charge on any atom is 0.286 e. The molecule has 0 unspecified atom stereocenters. The zero-order valence-electron chi connectivity index (χ0n) is 9.73. The summed E-state index contributed by atoms with van der Waals surface area (Å²) in [5, 5.41) is 0. The molecule has 1 fully saturated rings. The number of nitrogens with one attached hydrogen (secondary N) is 3. The zero-order chi connectivity index (χ0) is 13.8. The van der Waals surface area contributed by atoms with Gasteiger partial charge in [-0.15, -0.1) is 11.8 Å². The van der Waals surface area contributed by atoms with E-state index in [1.807, 2.05) is 0 Å². The molecule has 1 aromatic heterocycles. The lowest BCUT2D eigenvalue weighted by atomic mass is 10.4. The summed E-state index contributed by atoms with van der Waals surface area (Å²) >= 11 is 4.66. The summed E-state index contributed by atoms with van der Waals surface area (Å²) in [7, 11) is 0. The van der Waals surface area contributed by atoms with Crippen LogP contribution in [0.2, 0.25) is 0 Å². The van der Waals surface area contributed by atoms with Crippen LogP contribution in [0.4, 0.5) is 0 Å². The zero-order valence-corrected chi connectivity index (χ0v) is 12.1. The van der Waals surface area contributed by atoms with Gasteiger partial charge >= 0.3 is 0 Å². The average molecular weight is 347 g/mol. The van der Waals surface area contributed by atoms with Crippen molar-refractivity contribution in [1.82, 2.24) is 20.7 Å². The summed E-state index contributed by atoms with van der Waals surface area (Å²) in [6.45, 7) is -0.0550. The van der Waals surface area contributed by atoms with Gasteiger partial charge in [-0.1, -0.05) is 0 Å². The lowest BCUT2D eigenvalue weighted by Crippen LogP contribution is -2.46. The molecule has 3 N–H and O–H groups in total. The van der Waals surface area contributed by atoms with E-state index in [-0.39, 0.29) is 12.5 Å². The maximum absolute atomic E-state index is 11.6. The highest BCUT2D eigenvalue weighted by atomic mass is 79.9. The summed E-state index contributed by atoms with van der Waals surface area (Å²) in [5.41, 5.74) is 4.85. The Morgan fingerprint density at radius 3 is 2.84 bits per heavy atom. The molecule has 0 aromatic carbocycles. The van der Waals surface area contributed by atoms with Gasteiger partial charge < -0.3 is 9.88 Å². The monoisotopic (exact) mass is 346 g/mol. The fraction of sp³-hybridized carbons (Fsp3) is 0.300. The van der Waals surface area contributed by atoms with E-state index in [9.17, 15) is 14.4 Å². The van der Waals surface area contributed by atoms with E-state index < -0.39 is 11.8 Å². The number of rotatable bonds is 3. The number of halogens is 1. The normalized spacial score (nSPS) is 14.6. The fourth-order valence-electron chi connectivity index (χ4n) is 1.45. The first kappa shape index (κ1) is 13.9. The largest absolute Gasteiger partial charge is 0.356 e. The molecule has 0 aliphatic carbocycles. The minimum atomic E-state index is -0.457. The molecule has 0 atom stereocenters. The van der Waals surface area contributed by atoms with Gasteiger partial charge in [-0.25, -0.2) is 0 Å². The smallest absolute Gasteiger partial charge is 0.286 e. The van der Waals surface area contributed by atoms with Crippen molar-refractivity contribution in [2.45, 2.75) is 0 Å². The molecule has 0 bridgehead atoms. The third-order valence-corrected chi connectivity index (χ3v) is 3.77. The molecule has 0 radical (unpaired) electrons. The molecule has 3 amide bonds. The van der Waals surface area contributed by atoms with Crippen LogP contribution in [0.5, 0.6) is 0 Å². The molecule has 1 aromatic rings. The summed E-state index contributed by atoms with van der Waals surface area (Å²) in [6, 6.07) is 1.59. The topological polar surface area (TPSA) is 94.3 Å². The first-order valence-electron chi connectivity index (χ1n) is 5.35.